The van der Waals surface area contributed by atoms with Gasteiger partial charge in [-0.15, -0.1) is 0 Å². The second kappa shape index (κ2) is 8.35. The van der Waals surface area contributed by atoms with Gasteiger partial charge in [-0.1, -0.05) is 25.1 Å². The van der Waals surface area contributed by atoms with Crippen molar-refractivity contribution < 1.29 is 14.6 Å². The molecule has 0 unspecified atom stereocenters. The standard InChI is InChI=1S/C28H28N6O3/c1-15-7-8-20(35)16(2)24(15)34-26(29)21(23-27(34)31-10-9-30-23)25(36)19-11-17-5-4-6-18(22(17)33-19)32-12-28(3)13-37-14-28/h4-11,32-33,35H,12-14,29H2,1-3H3. The lowest BCUT2D eigenvalue weighted by molar-refractivity contribution is -0.0924. The zero-order valence-corrected chi connectivity index (χ0v) is 20.9. The van der Waals surface area contributed by atoms with E-state index in [-0.39, 0.29) is 28.3 Å². The highest BCUT2D eigenvalue weighted by Gasteiger charge is 2.33. The number of H-pyrrole nitrogens is 1. The molecule has 1 aliphatic rings. The van der Waals surface area contributed by atoms with Gasteiger partial charge in [0.05, 0.1) is 41.4 Å². The van der Waals surface area contributed by atoms with Gasteiger partial charge >= 0.3 is 0 Å². The SMILES string of the molecule is Cc1ccc(O)c(C)c1-n1c(N)c(C(=O)c2cc3cccc(NCC4(C)COC4)c3[nH]2)c2nccnc21. The van der Waals surface area contributed by atoms with E-state index in [0.717, 1.165) is 41.9 Å². The Bertz CT molecular complexity index is 1700. The van der Waals surface area contributed by atoms with Crippen molar-refractivity contribution in [1.29, 1.82) is 0 Å². The van der Waals surface area contributed by atoms with Crippen molar-refractivity contribution in [3.05, 3.63) is 71.2 Å². The van der Waals surface area contributed by atoms with Crippen LogP contribution in [0.1, 0.15) is 34.1 Å². The molecular formula is C28H28N6O3. The third-order valence-electron chi connectivity index (χ3n) is 7.19. The van der Waals surface area contributed by atoms with Crippen LogP contribution in [0.5, 0.6) is 5.75 Å². The van der Waals surface area contributed by atoms with Crippen LogP contribution in [0.2, 0.25) is 0 Å². The fraction of sp³-hybridized carbons (Fsp3) is 0.250. The average Bonchev–Trinajstić information content (AvgIpc) is 3.43. The summed E-state index contributed by atoms with van der Waals surface area (Å²) in [5.41, 5.74) is 12.3. The lowest BCUT2D eigenvalue weighted by Gasteiger charge is -2.38. The number of hydrogen-bond acceptors (Lipinski definition) is 7. The maximum absolute atomic E-state index is 13.9. The molecule has 4 heterocycles. The zero-order chi connectivity index (χ0) is 25.9. The first kappa shape index (κ1) is 23.1. The second-order valence-corrected chi connectivity index (χ2v) is 10.1. The molecule has 0 aliphatic carbocycles. The minimum atomic E-state index is -0.279. The van der Waals surface area contributed by atoms with E-state index in [2.05, 4.69) is 27.2 Å². The molecule has 6 rings (SSSR count). The van der Waals surface area contributed by atoms with Gasteiger partial charge in [-0.3, -0.25) is 14.3 Å². The van der Waals surface area contributed by atoms with E-state index >= 15 is 0 Å². The quantitative estimate of drug-likeness (QED) is 0.255. The Morgan fingerprint density at radius 1 is 1.22 bits per heavy atom. The molecule has 0 saturated carbocycles. The molecule has 9 nitrogen and oxygen atoms in total. The highest BCUT2D eigenvalue weighted by molar-refractivity contribution is 6.19. The van der Waals surface area contributed by atoms with Crippen molar-refractivity contribution in [2.45, 2.75) is 20.8 Å². The summed E-state index contributed by atoms with van der Waals surface area (Å²) in [4.78, 5) is 26.2. The normalized spacial score (nSPS) is 14.7. The molecule has 1 saturated heterocycles. The van der Waals surface area contributed by atoms with Crippen LogP contribution in [0, 0.1) is 19.3 Å². The Hall–Kier alpha value is -4.37. The summed E-state index contributed by atoms with van der Waals surface area (Å²) in [5.74, 6) is 0.0770. The molecule has 37 heavy (non-hydrogen) atoms. The van der Waals surface area contributed by atoms with Gasteiger partial charge in [0.25, 0.3) is 0 Å². The fourth-order valence-electron chi connectivity index (χ4n) is 5.06. The highest BCUT2D eigenvalue weighted by atomic mass is 16.5. The number of anilines is 2. The first-order valence-electron chi connectivity index (χ1n) is 12.2. The van der Waals surface area contributed by atoms with Crippen molar-refractivity contribution in [3.8, 4) is 11.4 Å². The van der Waals surface area contributed by atoms with E-state index < -0.39 is 0 Å². The monoisotopic (exact) mass is 496 g/mol. The minimum Gasteiger partial charge on any atom is -0.508 e. The number of benzene rings is 2. The Morgan fingerprint density at radius 2 is 2.00 bits per heavy atom. The van der Waals surface area contributed by atoms with E-state index in [1.54, 1.807) is 23.0 Å². The van der Waals surface area contributed by atoms with Gasteiger partial charge in [0.2, 0.25) is 5.78 Å². The molecule has 0 radical (unpaired) electrons. The lowest BCUT2D eigenvalue weighted by Crippen LogP contribution is -2.45. The minimum absolute atomic E-state index is 0.102. The summed E-state index contributed by atoms with van der Waals surface area (Å²) in [6, 6.07) is 11.2. The summed E-state index contributed by atoms with van der Waals surface area (Å²) in [7, 11) is 0. The summed E-state index contributed by atoms with van der Waals surface area (Å²) < 4.78 is 7.07. The molecule has 188 valence electrons. The summed E-state index contributed by atoms with van der Waals surface area (Å²) in [6.07, 6.45) is 3.11. The zero-order valence-electron chi connectivity index (χ0n) is 20.9. The number of aromatic hydroxyl groups is 1. The van der Waals surface area contributed by atoms with E-state index in [9.17, 15) is 9.90 Å². The van der Waals surface area contributed by atoms with Crippen LogP contribution in [-0.4, -0.2) is 50.2 Å². The number of aromatic nitrogens is 4. The van der Waals surface area contributed by atoms with Gasteiger partial charge in [-0.2, -0.15) is 0 Å². The maximum Gasteiger partial charge on any atom is 0.215 e. The predicted molar refractivity (Wildman–Crippen MR) is 144 cm³/mol. The Kier molecular flexibility index (Phi) is 5.20. The van der Waals surface area contributed by atoms with Crippen molar-refractivity contribution in [2.75, 3.05) is 30.8 Å². The molecule has 9 heteroatoms. The number of carbonyl (C=O) groups is 1. The summed E-state index contributed by atoms with van der Waals surface area (Å²) >= 11 is 0. The van der Waals surface area contributed by atoms with Crippen LogP contribution in [-0.2, 0) is 4.74 Å². The van der Waals surface area contributed by atoms with Gasteiger partial charge in [0.15, 0.2) is 5.65 Å². The van der Waals surface area contributed by atoms with Crippen LogP contribution >= 0.6 is 0 Å². The van der Waals surface area contributed by atoms with E-state index in [1.165, 1.54) is 0 Å². The molecule has 0 bridgehead atoms. The van der Waals surface area contributed by atoms with Gasteiger partial charge < -0.3 is 25.9 Å². The molecule has 1 fully saturated rings. The Morgan fingerprint density at radius 3 is 2.76 bits per heavy atom. The number of para-hydroxylation sites is 1. The van der Waals surface area contributed by atoms with Gasteiger partial charge in [-0.05, 0) is 37.6 Å². The molecule has 1 aliphatic heterocycles. The molecule has 0 spiro atoms. The van der Waals surface area contributed by atoms with Gasteiger partial charge in [0, 0.05) is 35.3 Å². The van der Waals surface area contributed by atoms with Crippen LogP contribution in [0.15, 0.2) is 48.8 Å². The summed E-state index contributed by atoms with van der Waals surface area (Å²) in [6.45, 7) is 8.15. The van der Waals surface area contributed by atoms with Crippen LogP contribution in [0.3, 0.4) is 0 Å². The van der Waals surface area contributed by atoms with E-state index in [1.807, 2.05) is 44.2 Å². The molecule has 5 N–H and O–H groups in total. The Balaban J connectivity index is 1.46. The first-order chi connectivity index (χ1) is 17.8. The number of nitrogens with one attached hydrogen (secondary N) is 2. The third-order valence-corrected chi connectivity index (χ3v) is 7.19. The van der Waals surface area contributed by atoms with Crippen LogP contribution < -0.4 is 11.1 Å². The number of phenols is 1. The van der Waals surface area contributed by atoms with E-state index in [0.29, 0.717) is 28.1 Å². The first-order valence-corrected chi connectivity index (χ1v) is 12.2. The summed E-state index contributed by atoms with van der Waals surface area (Å²) in [5, 5.41) is 14.8. The molecule has 5 aromatic rings. The van der Waals surface area contributed by atoms with Gasteiger partial charge in [0.1, 0.15) is 17.1 Å². The number of hydrogen-bond donors (Lipinski definition) is 4. The number of nitrogens with zero attached hydrogens (tertiary/aromatic N) is 3. The fourth-order valence-corrected chi connectivity index (χ4v) is 5.06. The second-order valence-electron chi connectivity index (χ2n) is 10.1. The average molecular weight is 497 g/mol. The van der Waals surface area contributed by atoms with Crippen molar-refractivity contribution in [1.82, 2.24) is 19.5 Å². The number of fused-ring (bicyclic) bond motifs is 2. The highest BCUT2D eigenvalue weighted by Crippen LogP contribution is 2.36. The number of ether oxygens (including phenoxy) is 1. The van der Waals surface area contributed by atoms with Crippen molar-refractivity contribution in [2.24, 2.45) is 5.41 Å². The molecule has 3 aromatic heterocycles. The topological polar surface area (TPSA) is 131 Å². The number of aromatic amines is 1. The number of ketones is 1. The lowest BCUT2D eigenvalue weighted by atomic mass is 9.88. The number of nitrogen functional groups attached to an aromatic ring is 1. The van der Waals surface area contributed by atoms with E-state index in [4.69, 9.17) is 10.5 Å². The number of carbonyl (C=O) groups excluding carboxylic acids is 1. The molecule has 2 aromatic carbocycles. The molecule has 0 atom stereocenters. The number of nitrogens with two attached hydrogens (primary N) is 1. The largest absolute Gasteiger partial charge is 0.508 e. The van der Waals surface area contributed by atoms with Gasteiger partial charge in [-0.25, -0.2) is 4.98 Å². The molecular weight excluding hydrogens is 468 g/mol. The van der Waals surface area contributed by atoms with Crippen molar-refractivity contribution in [3.63, 3.8) is 0 Å². The number of rotatable bonds is 6. The van der Waals surface area contributed by atoms with Crippen LogP contribution in [0.4, 0.5) is 11.5 Å². The predicted octanol–water partition coefficient (Wildman–Crippen LogP) is 4.49. The smallest absolute Gasteiger partial charge is 0.215 e. The number of phenolic OH excluding ortho intramolecular Hbond substituents is 1. The molecule has 0 amide bonds. The Labute approximate surface area is 213 Å². The van der Waals surface area contributed by atoms with Crippen LogP contribution in [0.25, 0.3) is 27.8 Å². The maximum atomic E-state index is 13.9. The van der Waals surface area contributed by atoms with Crippen molar-refractivity contribution >= 4 is 39.4 Å². The number of aryl methyl sites for hydroxylation is 1. The third kappa shape index (κ3) is 3.62.